The van der Waals surface area contributed by atoms with Crippen molar-refractivity contribution in [2.24, 2.45) is 0 Å². The molecule has 0 saturated carbocycles. The van der Waals surface area contributed by atoms with Gasteiger partial charge in [-0.25, -0.2) is 0 Å². The van der Waals surface area contributed by atoms with Gasteiger partial charge in [-0.2, -0.15) is 4.98 Å². The lowest BCUT2D eigenvalue weighted by atomic mass is 10.0. The highest BCUT2D eigenvalue weighted by molar-refractivity contribution is 5.38. The van der Waals surface area contributed by atoms with Crippen LogP contribution >= 0.6 is 0 Å². The summed E-state index contributed by atoms with van der Waals surface area (Å²) in [6, 6.07) is 6.30. The van der Waals surface area contributed by atoms with Crippen LogP contribution in [0, 0.1) is 13.8 Å². The largest absolute Gasteiger partial charge is 0.496 e. The highest BCUT2D eigenvalue weighted by atomic mass is 16.5. The van der Waals surface area contributed by atoms with Crippen molar-refractivity contribution in [3.8, 4) is 5.75 Å². The van der Waals surface area contributed by atoms with E-state index in [1.54, 1.807) is 14.0 Å². The normalized spacial score (nSPS) is 12.4. The second kappa shape index (κ2) is 5.84. The summed E-state index contributed by atoms with van der Waals surface area (Å²) in [6.07, 6.45) is 0. The molecule has 5 heteroatoms. The Balaban J connectivity index is 2.06. The molecule has 0 aliphatic heterocycles. The van der Waals surface area contributed by atoms with Crippen LogP contribution in [0.25, 0.3) is 0 Å². The number of benzene rings is 1. The van der Waals surface area contributed by atoms with Gasteiger partial charge in [0.2, 0.25) is 5.89 Å². The number of aryl methyl sites for hydroxylation is 2. The Morgan fingerprint density at radius 1 is 1.37 bits per heavy atom. The van der Waals surface area contributed by atoms with Crippen LogP contribution in [-0.4, -0.2) is 17.3 Å². The number of ether oxygens (including phenoxy) is 1. The van der Waals surface area contributed by atoms with Gasteiger partial charge in [-0.3, -0.25) is 0 Å². The van der Waals surface area contributed by atoms with Gasteiger partial charge in [0.1, 0.15) is 5.75 Å². The predicted molar refractivity (Wildman–Crippen MR) is 72.0 cm³/mol. The fraction of sp³-hybridized carbons (Fsp3) is 0.429. The quantitative estimate of drug-likeness (QED) is 0.896. The molecule has 1 heterocycles. The van der Waals surface area contributed by atoms with Crippen molar-refractivity contribution in [1.29, 1.82) is 0 Å². The molecular formula is C14H19N3O2. The van der Waals surface area contributed by atoms with Crippen LogP contribution < -0.4 is 10.1 Å². The predicted octanol–water partition coefficient (Wildman–Crippen LogP) is 2.55. The van der Waals surface area contributed by atoms with Gasteiger partial charge >= 0.3 is 0 Å². The van der Waals surface area contributed by atoms with Crippen LogP contribution in [0.15, 0.2) is 22.7 Å². The van der Waals surface area contributed by atoms with E-state index in [9.17, 15) is 0 Å². The molecule has 1 unspecified atom stereocenters. The molecule has 0 fully saturated rings. The van der Waals surface area contributed by atoms with Crippen LogP contribution in [0.2, 0.25) is 0 Å². The van der Waals surface area contributed by atoms with Gasteiger partial charge in [0, 0.05) is 18.5 Å². The average molecular weight is 261 g/mol. The fourth-order valence-corrected chi connectivity index (χ4v) is 1.96. The van der Waals surface area contributed by atoms with E-state index in [0.29, 0.717) is 18.3 Å². The number of methoxy groups -OCH3 is 1. The first kappa shape index (κ1) is 13.5. The average Bonchev–Trinajstić information content (AvgIpc) is 2.81. The van der Waals surface area contributed by atoms with E-state index in [0.717, 1.165) is 11.3 Å². The van der Waals surface area contributed by atoms with E-state index >= 15 is 0 Å². The number of hydrogen-bond acceptors (Lipinski definition) is 5. The molecule has 0 saturated heterocycles. The van der Waals surface area contributed by atoms with Gasteiger partial charge in [-0.05, 0) is 19.9 Å². The van der Waals surface area contributed by atoms with Gasteiger partial charge in [0.25, 0.3) is 0 Å². The van der Waals surface area contributed by atoms with Crippen molar-refractivity contribution in [3.63, 3.8) is 0 Å². The first-order valence-corrected chi connectivity index (χ1v) is 6.27. The van der Waals surface area contributed by atoms with Crippen LogP contribution in [-0.2, 0) is 6.54 Å². The summed E-state index contributed by atoms with van der Waals surface area (Å²) < 4.78 is 10.3. The molecule has 1 aromatic heterocycles. The Morgan fingerprint density at radius 3 is 2.79 bits per heavy atom. The summed E-state index contributed by atoms with van der Waals surface area (Å²) in [6.45, 7) is 6.50. The van der Waals surface area contributed by atoms with Crippen molar-refractivity contribution >= 4 is 0 Å². The zero-order valence-corrected chi connectivity index (χ0v) is 11.7. The Bertz CT molecular complexity index is 551. The molecule has 19 heavy (non-hydrogen) atoms. The first-order chi connectivity index (χ1) is 9.10. The van der Waals surface area contributed by atoms with E-state index in [4.69, 9.17) is 9.26 Å². The Hall–Kier alpha value is -1.88. The lowest BCUT2D eigenvalue weighted by molar-refractivity contribution is 0.382. The number of rotatable bonds is 5. The van der Waals surface area contributed by atoms with Gasteiger partial charge in [-0.1, -0.05) is 22.9 Å². The van der Waals surface area contributed by atoms with Gasteiger partial charge in [0.05, 0.1) is 13.7 Å². The van der Waals surface area contributed by atoms with Crippen molar-refractivity contribution in [2.45, 2.75) is 33.4 Å². The standard InChI is InChI=1S/C14H19N3O2/c1-9-5-6-13(18-4)12(7-9)10(2)15-8-14-16-11(3)19-17-14/h5-7,10,15H,8H2,1-4H3. The smallest absolute Gasteiger partial charge is 0.223 e. The molecule has 2 aromatic rings. The Morgan fingerprint density at radius 2 is 2.16 bits per heavy atom. The zero-order chi connectivity index (χ0) is 13.8. The van der Waals surface area contributed by atoms with E-state index in [-0.39, 0.29) is 6.04 Å². The molecule has 0 amide bonds. The molecule has 0 radical (unpaired) electrons. The molecule has 0 aliphatic rings. The second-order valence-electron chi connectivity index (χ2n) is 4.58. The molecule has 2 rings (SSSR count). The molecule has 1 N–H and O–H groups in total. The maximum Gasteiger partial charge on any atom is 0.223 e. The topological polar surface area (TPSA) is 60.2 Å². The molecule has 102 valence electrons. The van der Waals surface area contributed by atoms with Crippen LogP contribution in [0.4, 0.5) is 0 Å². The third-order valence-corrected chi connectivity index (χ3v) is 2.99. The molecule has 0 aliphatic carbocycles. The summed E-state index contributed by atoms with van der Waals surface area (Å²) in [5, 5.41) is 7.23. The summed E-state index contributed by atoms with van der Waals surface area (Å²) >= 11 is 0. The minimum absolute atomic E-state index is 0.147. The number of nitrogens with zero attached hydrogens (tertiary/aromatic N) is 2. The van der Waals surface area contributed by atoms with Gasteiger partial charge in [-0.15, -0.1) is 0 Å². The number of nitrogens with one attached hydrogen (secondary N) is 1. The maximum absolute atomic E-state index is 5.39. The molecular weight excluding hydrogens is 242 g/mol. The number of aromatic nitrogens is 2. The van der Waals surface area contributed by atoms with Crippen molar-refractivity contribution in [2.75, 3.05) is 7.11 Å². The summed E-state index contributed by atoms with van der Waals surface area (Å²) in [7, 11) is 1.68. The minimum Gasteiger partial charge on any atom is -0.496 e. The van der Waals surface area contributed by atoms with Crippen LogP contribution in [0.1, 0.15) is 35.8 Å². The summed E-state index contributed by atoms with van der Waals surface area (Å²) in [5.41, 5.74) is 2.34. The molecule has 1 atom stereocenters. The summed E-state index contributed by atoms with van der Waals surface area (Å²) in [5.74, 6) is 2.13. The highest BCUT2D eigenvalue weighted by Gasteiger charge is 2.12. The van der Waals surface area contributed by atoms with Crippen molar-refractivity contribution in [3.05, 3.63) is 41.0 Å². The second-order valence-corrected chi connectivity index (χ2v) is 4.58. The monoisotopic (exact) mass is 261 g/mol. The van der Waals surface area contributed by atoms with E-state index < -0.39 is 0 Å². The van der Waals surface area contributed by atoms with Gasteiger partial charge < -0.3 is 14.6 Å². The lowest BCUT2D eigenvalue weighted by Gasteiger charge is -2.17. The zero-order valence-electron chi connectivity index (χ0n) is 11.7. The minimum atomic E-state index is 0.147. The van der Waals surface area contributed by atoms with Crippen molar-refractivity contribution < 1.29 is 9.26 Å². The Kier molecular flexibility index (Phi) is 4.16. The van der Waals surface area contributed by atoms with Crippen molar-refractivity contribution in [1.82, 2.24) is 15.5 Å². The van der Waals surface area contributed by atoms with Crippen LogP contribution in [0.5, 0.6) is 5.75 Å². The fourth-order valence-electron chi connectivity index (χ4n) is 1.96. The maximum atomic E-state index is 5.39. The van der Waals surface area contributed by atoms with Crippen LogP contribution in [0.3, 0.4) is 0 Å². The van der Waals surface area contributed by atoms with E-state index in [2.05, 4.69) is 35.4 Å². The molecule has 5 nitrogen and oxygen atoms in total. The van der Waals surface area contributed by atoms with E-state index in [1.165, 1.54) is 5.56 Å². The number of hydrogen-bond donors (Lipinski definition) is 1. The van der Waals surface area contributed by atoms with Gasteiger partial charge in [0.15, 0.2) is 5.82 Å². The first-order valence-electron chi connectivity index (χ1n) is 6.27. The third kappa shape index (κ3) is 3.32. The summed E-state index contributed by atoms with van der Waals surface area (Å²) in [4.78, 5) is 4.16. The Labute approximate surface area is 113 Å². The SMILES string of the molecule is COc1ccc(C)cc1C(C)NCc1noc(C)n1. The van der Waals surface area contributed by atoms with E-state index in [1.807, 2.05) is 12.1 Å². The third-order valence-electron chi connectivity index (χ3n) is 2.99. The molecule has 0 spiro atoms. The molecule has 1 aromatic carbocycles. The molecule has 0 bridgehead atoms. The highest BCUT2D eigenvalue weighted by Crippen LogP contribution is 2.26. The lowest BCUT2D eigenvalue weighted by Crippen LogP contribution is -2.19.